The smallest absolute Gasteiger partial charge is 0.198 e. The van der Waals surface area contributed by atoms with E-state index in [1.165, 1.54) is 0 Å². The minimum atomic E-state index is -0.366. The molecule has 1 aromatic carbocycles. The van der Waals surface area contributed by atoms with Crippen LogP contribution in [-0.4, -0.2) is 5.22 Å². The fraction of sp³-hybridized carbons (Fsp3) is 0.125. The number of benzene rings is 1. The second-order valence-electron chi connectivity index (χ2n) is 2.19. The summed E-state index contributed by atoms with van der Waals surface area (Å²) in [6.45, 7) is 0. The largest absolute Gasteiger partial charge is 0.291 e. The van der Waals surface area contributed by atoms with E-state index in [2.05, 4.69) is 67.8 Å². The van der Waals surface area contributed by atoms with E-state index in [1.54, 1.807) is 0 Å². The van der Waals surface area contributed by atoms with Crippen LogP contribution < -0.4 is 0 Å². The zero-order valence-electron chi connectivity index (χ0n) is 5.93. The molecule has 1 aromatic rings. The van der Waals surface area contributed by atoms with Crippen molar-refractivity contribution in [3.05, 3.63) is 35.9 Å². The Kier molecular flexibility index (Phi) is 4.22. The van der Waals surface area contributed by atoms with Crippen LogP contribution in [0.3, 0.4) is 0 Å². The number of rotatable bonds is 2. The Hall–Kier alpha value is 1.08. The highest BCUT2D eigenvalue weighted by Crippen LogP contribution is 2.38. The minimum Gasteiger partial charge on any atom is -0.291 e. The van der Waals surface area contributed by atoms with E-state index in [9.17, 15) is 4.79 Å². The van der Waals surface area contributed by atoms with Gasteiger partial charge in [-0.15, -0.1) is 0 Å². The van der Waals surface area contributed by atoms with Gasteiger partial charge in [0, 0.05) is 5.56 Å². The number of ketones is 1. The molecular weight excluding hydrogens is 493 g/mol. The van der Waals surface area contributed by atoms with Crippen molar-refractivity contribution in [2.75, 3.05) is 0 Å². The van der Waals surface area contributed by atoms with Crippen LogP contribution in [0.4, 0.5) is 0 Å². The van der Waals surface area contributed by atoms with E-state index in [4.69, 9.17) is 0 Å². The topological polar surface area (TPSA) is 17.1 Å². The first-order valence-corrected chi connectivity index (χ1v) is 6.42. The molecule has 0 unspecified atom stereocenters. The van der Waals surface area contributed by atoms with Gasteiger partial charge in [-0.3, -0.25) is 4.79 Å². The highest BCUT2D eigenvalue weighted by Gasteiger charge is 2.28. The van der Waals surface area contributed by atoms with Crippen LogP contribution in [0.1, 0.15) is 10.4 Å². The first-order chi connectivity index (χ1) is 5.52. The first kappa shape index (κ1) is 11.2. The third-order valence-corrected chi connectivity index (χ3v) is 2.76. The summed E-state index contributed by atoms with van der Waals surface area (Å²) in [5.74, 6) is 0.157. The maximum atomic E-state index is 11.6. The van der Waals surface area contributed by atoms with E-state index in [0.717, 1.165) is 5.56 Å². The standard InChI is InChI=1S/C8H5I3O/c9-8(10,11)7(12)6-4-2-1-3-5-6/h1-5H. The van der Waals surface area contributed by atoms with Crippen molar-refractivity contribution in [2.45, 2.75) is -0.565 Å². The lowest BCUT2D eigenvalue weighted by molar-refractivity contribution is 0.101. The average Bonchev–Trinajstić information content (AvgIpc) is 2.03. The normalized spacial score (nSPS) is 11.2. The van der Waals surface area contributed by atoms with E-state index in [0.29, 0.717) is 0 Å². The monoisotopic (exact) mass is 498 g/mol. The average molecular weight is 498 g/mol. The van der Waals surface area contributed by atoms with Crippen molar-refractivity contribution >= 4 is 73.6 Å². The lowest BCUT2D eigenvalue weighted by Crippen LogP contribution is -2.16. The number of hydrogen-bond donors (Lipinski definition) is 0. The molecule has 0 saturated carbocycles. The highest BCUT2D eigenvalue weighted by molar-refractivity contribution is 14.3. The van der Waals surface area contributed by atoms with Gasteiger partial charge in [0.1, 0.15) is 0 Å². The number of halogens is 3. The van der Waals surface area contributed by atoms with Crippen LogP contribution in [0, 0.1) is 0 Å². The fourth-order valence-corrected chi connectivity index (χ4v) is 1.69. The molecule has 12 heavy (non-hydrogen) atoms. The highest BCUT2D eigenvalue weighted by atomic mass is 127. The van der Waals surface area contributed by atoms with E-state index in [-0.39, 0.29) is 5.22 Å². The van der Waals surface area contributed by atoms with Gasteiger partial charge in [0.2, 0.25) is 0 Å². The second-order valence-corrected chi connectivity index (χ2v) is 13.2. The maximum absolute atomic E-state index is 11.6. The molecule has 0 spiro atoms. The molecule has 1 nitrogen and oxygen atoms in total. The van der Waals surface area contributed by atoms with Crippen LogP contribution in [0.5, 0.6) is 0 Å². The zero-order valence-corrected chi connectivity index (χ0v) is 12.4. The van der Waals surface area contributed by atoms with Gasteiger partial charge in [0.05, 0.1) is 0 Å². The van der Waals surface area contributed by atoms with Gasteiger partial charge >= 0.3 is 0 Å². The Bertz CT molecular complexity index is 276. The van der Waals surface area contributed by atoms with Crippen LogP contribution in [0.2, 0.25) is 0 Å². The number of carbonyl (C=O) groups excluding carboxylic acids is 1. The summed E-state index contributed by atoms with van der Waals surface area (Å²) >= 11 is 6.39. The molecule has 1 rings (SSSR count). The summed E-state index contributed by atoms with van der Waals surface area (Å²) in [5, 5.41) is 0. The Morgan fingerprint density at radius 3 is 2.00 bits per heavy atom. The summed E-state index contributed by atoms with van der Waals surface area (Å²) in [6.07, 6.45) is 0. The van der Waals surface area contributed by atoms with Gasteiger partial charge in [-0.05, 0) is 67.8 Å². The number of alkyl halides is 3. The zero-order chi connectivity index (χ0) is 9.19. The molecule has 4 heteroatoms. The summed E-state index contributed by atoms with van der Waals surface area (Å²) in [5.41, 5.74) is 0.774. The molecule has 0 aromatic heterocycles. The van der Waals surface area contributed by atoms with Crippen molar-refractivity contribution in [1.82, 2.24) is 0 Å². The molecule has 0 radical (unpaired) electrons. The molecule has 0 aliphatic carbocycles. The van der Waals surface area contributed by atoms with Gasteiger partial charge < -0.3 is 0 Å². The third-order valence-electron chi connectivity index (χ3n) is 1.29. The summed E-state index contributed by atoms with van der Waals surface area (Å²) < 4.78 is -0.366. The Labute approximate surface area is 112 Å². The van der Waals surface area contributed by atoms with Gasteiger partial charge in [0.15, 0.2) is 5.22 Å². The molecule has 0 aliphatic rings. The molecule has 0 fully saturated rings. The quantitative estimate of drug-likeness (QED) is 0.345. The summed E-state index contributed by atoms with van der Waals surface area (Å²) in [4.78, 5) is 11.6. The first-order valence-electron chi connectivity index (χ1n) is 3.18. The Morgan fingerprint density at radius 1 is 1.08 bits per heavy atom. The van der Waals surface area contributed by atoms with E-state index >= 15 is 0 Å². The molecule has 0 atom stereocenters. The molecule has 0 heterocycles. The second kappa shape index (κ2) is 4.54. The Balaban J connectivity index is 2.94. The molecule has 0 amide bonds. The van der Waals surface area contributed by atoms with Gasteiger partial charge in [0.25, 0.3) is 0 Å². The molecular formula is C8H5I3O. The summed E-state index contributed by atoms with van der Waals surface area (Å²) in [6, 6.07) is 9.35. The van der Waals surface area contributed by atoms with Gasteiger partial charge in [-0.25, -0.2) is 0 Å². The fourth-order valence-electron chi connectivity index (χ4n) is 0.753. The molecule has 0 bridgehead atoms. The van der Waals surface area contributed by atoms with Crippen LogP contribution in [0.25, 0.3) is 0 Å². The van der Waals surface area contributed by atoms with Crippen molar-refractivity contribution in [3.8, 4) is 0 Å². The van der Waals surface area contributed by atoms with Gasteiger partial charge in [-0.1, -0.05) is 30.3 Å². The van der Waals surface area contributed by atoms with Gasteiger partial charge in [-0.2, -0.15) is 0 Å². The van der Waals surface area contributed by atoms with Crippen molar-refractivity contribution in [2.24, 2.45) is 0 Å². The lowest BCUT2D eigenvalue weighted by Gasteiger charge is -2.09. The van der Waals surface area contributed by atoms with Crippen molar-refractivity contribution < 1.29 is 4.79 Å². The van der Waals surface area contributed by atoms with E-state index in [1.807, 2.05) is 30.3 Å². The molecule has 64 valence electrons. The molecule has 0 N–H and O–H groups in total. The third kappa shape index (κ3) is 3.09. The lowest BCUT2D eigenvalue weighted by atomic mass is 10.2. The molecule has 0 saturated heterocycles. The Morgan fingerprint density at radius 2 is 1.58 bits per heavy atom. The maximum Gasteiger partial charge on any atom is 0.198 e. The van der Waals surface area contributed by atoms with Crippen molar-refractivity contribution in [3.63, 3.8) is 0 Å². The number of Topliss-reactive ketones (excluding diaryl/α,β-unsaturated/α-hetero) is 1. The minimum absolute atomic E-state index is 0.157. The van der Waals surface area contributed by atoms with E-state index < -0.39 is 0 Å². The SMILES string of the molecule is O=C(c1ccccc1)C(I)(I)I. The predicted octanol–water partition coefficient (Wildman–Crippen LogP) is 3.83. The summed E-state index contributed by atoms with van der Waals surface area (Å²) in [7, 11) is 0. The van der Waals surface area contributed by atoms with Crippen LogP contribution in [-0.2, 0) is 0 Å². The number of hydrogen-bond acceptors (Lipinski definition) is 1. The van der Waals surface area contributed by atoms with Crippen LogP contribution >= 0.6 is 67.8 Å². The predicted molar refractivity (Wildman–Crippen MR) is 75.6 cm³/mol. The van der Waals surface area contributed by atoms with Crippen molar-refractivity contribution in [1.29, 1.82) is 0 Å². The number of carbonyl (C=O) groups is 1. The van der Waals surface area contributed by atoms with Crippen LogP contribution in [0.15, 0.2) is 30.3 Å². The molecule has 0 aliphatic heterocycles.